The summed E-state index contributed by atoms with van der Waals surface area (Å²) >= 11 is 0. The number of nitrogens with one attached hydrogen (secondary N) is 3. The van der Waals surface area contributed by atoms with E-state index in [0.717, 1.165) is 22.6 Å². The number of methoxy groups -OCH3 is 1. The second-order valence-corrected chi connectivity index (χ2v) is 6.18. The number of amides is 1. The van der Waals surface area contributed by atoms with Gasteiger partial charge in [0.1, 0.15) is 5.69 Å². The molecule has 1 aliphatic rings. The SMILES string of the molecule is COCCNC(=O)c1cccc(-n2cc(C3NNc4ccccc43)nn2)c1. The molecule has 0 fully saturated rings. The average Bonchev–Trinajstić information content (AvgIpc) is 3.35. The standard InChI is InChI=1S/C19H20N6O2/c1-27-10-9-20-19(26)13-5-4-6-14(11-13)25-12-17(22-24-25)18-15-7-2-3-8-16(15)21-23-18/h2-8,11-12,18,21,23H,9-10H2,1H3,(H,20,26). The van der Waals surface area contributed by atoms with Crippen molar-refractivity contribution in [3.8, 4) is 5.69 Å². The first-order valence-corrected chi connectivity index (χ1v) is 8.66. The summed E-state index contributed by atoms with van der Waals surface area (Å²) in [6.07, 6.45) is 1.86. The van der Waals surface area contributed by atoms with Gasteiger partial charge in [-0.3, -0.25) is 4.79 Å². The molecule has 8 nitrogen and oxygen atoms in total. The minimum absolute atomic E-state index is 0.0736. The minimum atomic E-state index is -0.148. The van der Waals surface area contributed by atoms with E-state index in [0.29, 0.717) is 18.7 Å². The molecule has 2 heterocycles. The molecule has 138 valence electrons. The molecule has 3 aromatic rings. The van der Waals surface area contributed by atoms with Gasteiger partial charge in [-0.25, -0.2) is 10.1 Å². The number of rotatable bonds is 6. The number of fused-ring (bicyclic) bond motifs is 1. The summed E-state index contributed by atoms with van der Waals surface area (Å²) in [5.41, 5.74) is 10.7. The molecule has 1 unspecified atom stereocenters. The molecule has 0 bridgehead atoms. The van der Waals surface area contributed by atoms with E-state index in [1.165, 1.54) is 0 Å². The van der Waals surface area contributed by atoms with Crippen LogP contribution in [-0.4, -0.2) is 41.2 Å². The van der Waals surface area contributed by atoms with Crippen molar-refractivity contribution in [2.45, 2.75) is 6.04 Å². The van der Waals surface area contributed by atoms with Crippen LogP contribution >= 0.6 is 0 Å². The van der Waals surface area contributed by atoms with Crippen molar-refractivity contribution in [2.75, 3.05) is 25.7 Å². The molecule has 1 atom stereocenters. The lowest BCUT2D eigenvalue weighted by molar-refractivity contribution is 0.0937. The molecule has 0 aliphatic carbocycles. The van der Waals surface area contributed by atoms with Gasteiger partial charge in [0.05, 0.1) is 30.2 Å². The van der Waals surface area contributed by atoms with Crippen LogP contribution in [0, 0.1) is 0 Å². The summed E-state index contributed by atoms with van der Waals surface area (Å²) in [5, 5.41) is 11.3. The molecule has 1 aromatic heterocycles. The predicted molar refractivity (Wildman–Crippen MR) is 101 cm³/mol. The Balaban J connectivity index is 1.54. The Bertz CT molecular complexity index is 955. The first kappa shape index (κ1) is 17.2. The van der Waals surface area contributed by atoms with Crippen molar-refractivity contribution < 1.29 is 9.53 Å². The van der Waals surface area contributed by atoms with E-state index in [1.54, 1.807) is 23.9 Å². The number of carbonyl (C=O) groups is 1. The molecule has 0 radical (unpaired) electrons. The van der Waals surface area contributed by atoms with E-state index in [2.05, 4.69) is 32.5 Å². The van der Waals surface area contributed by atoms with E-state index < -0.39 is 0 Å². The number of ether oxygens (including phenoxy) is 1. The molecule has 1 amide bonds. The Morgan fingerprint density at radius 2 is 2.15 bits per heavy atom. The average molecular weight is 364 g/mol. The van der Waals surface area contributed by atoms with Crippen LogP contribution in [0.15, 0.2) is 54.7 Å². The molecule has 4 rings (SSSR count). The maximum atomic E-state index is 12.2. The Hall–Kier alpha value is -3.23. The maximum Gasteiger partial charge on any atom is 0.251 e. The predicted octanol–water partition coefficient (Wildman–Crippen LogP) is 1.66. The Kier molecular flexibility index (Phi) is 4.82. The van der Waals surface area contributed by atoms with Crippen molar-refractivity contribution >= 4 is 11.6 Å². The van der Waals surface area contributed by atoms with Crippen LogP contribution in [0.5, 0.6) is 0 Å². The minimum Gasteiger partial charge on any atom is -0.383 e. The normalized spacial score (nSPS) is 15.2. The van der Waals surface area contributed by atoms with E-state index >= 15 is 0 Å². The van der Waals surface area contributed by atoms with Crippen molar-refractivity contribution in [2.24, 2.45) is 0 Å². The van der Waals surface area contributed by atoms with Crippen LogP contribution in [0.2, 0.25) is 0 Å². The summed E-state index contributed by atoms with van der Waals surface area (Å²) < 4.78 is 6.62. The van der Waals surface area contributed by atoms with E-state index in [1.807, 2.05) is 36.5 Å². The maximum absolute atomic E-state index is 12.2. The largest absolute Gasteiger partial charge is 0.383 e. The molecule has 2 aromatic carbocycles. The van der Waals surface area contributed by atoms with Crippen molar-refractivity contribution in [1.82, 2.24) is 25.7 Å². The van der Waals surface area contributed by atoms with E-state index in [9.17, 15) is 4.79 Å². The number of benzene rings is 2. The van der Waals surface area contributed by atoms with Crippen LogP contribution in [0.4, 0.5) is 5.69 Å². The van der Waals surface area contributed by atoms with Gasteiger partial charge in [-0.15, -0.1) is 5.10 Å². The van der Waals surface area contributed by atoms with Crippen molar-refractivity contribution in [3.63, 3.8) is 0 Å². The fourth-order valence-electron chi connectivity index (χ4n) is 3.02. The smallest absolute Gasteiger partial charge is 0.251 e. The summed E-state index contributed by atoms with van der Waals surface area (Å²) in [6, 6.07) is 15.2. The zero-order valence-electron chi connectivity index (χ0n) is 14.8. The van der Waals surface area contributed by atoms with Gasteiger partial charge >= 0.3 is 0 Å². The number of carbonyl (C=O) groups excluding carboxylic acids is 1. The first-order valence-electron chi connectivity index (χ1n) is 8.66. The van der Waals surface area contributed by atoms with Crippen molar-refractivity contribution in [1.29, 1.82) is 0 Å². The van der Waals surface area contributed by atoms with Gasteiger partial charge in [-0.2, -0.15) is 0 Å². The lowest BCUT2D eigenvalue weighted by Crippen LogP contribution is -2.27. The molecular weight excluding hydrogens is 344 g/mol. The monoisotopic (exact) mass is 364 g/mol. The molecular formula is C19H20N6O2. The van der Waals surface area contributed by atoms with Gasteiger partial charge in [-0.1, -0.05) is 29.5 Å². The highest BCUT2D eigenvalue weighted by molar-refractivity contribution is 5.94. The number of hydrogen-bond acceptors (Lipinski definition) is 6. The lowest BCUT2D eigenvalue weighted by atomic mass is 10.1. The van der Waals surface area contributed by atoms with Gasteiger partial charge in [-0.05, 0) is 24.3 Å². The highest BCUT2D eigenvalue weighted by Crippen LogP contribution is 2.31. The van der Waals surface area contributed by atoms with Crippen molar-refractivity contribution in [3.05, 3.63) is 71.5 Å². The van der Waals surface area contributed by atoms with Gasteiger partial charge in [0.15, 0.2) is 0 Å². The van der Waals surface area contributed by atoms with Crippen LogP contribution < -0.4 is 16.2 Å². The zero-order valence-corrected chi connectivity index (χ0v) is 14.8. The molecule has 8 heteroatoms. The summed E-state index contributed by atoms with van der Waals surface area (Å²) in [4.78, 5) is 12.2. The van der Waals surface area contributed by atoms with Gasteiger partial charge in [0, 0.05) is 24.8 Å². The van der Waals surface area contributed by atoms with Gasteiger partial charge in [0.2, 0.25) is 0 Å². The summed E-state index contributed by atoms with van der Waals surface area (Å²) in [7, 11) is 1.60. The molecule has 1 aliphatic heterocycles. The fraction of sp³-hybridized carbons (Fsp3) is 0.211. The molecule has 0 saturated carbocycles. The van der Waals surface area contributed by atoms with Crippen LogP contribution in [0.3, 0.4) is 0 Å². The van der Waals surface area contributed by atoms with Crippen LogP contribution in [-0.2, 0) is 4.74 Å². The Morgan fingerprint density at radius 3 is 3.04 bits per heavy atom. The van der Waals surface area contributed by atoms with E-state index in [4.69, 9.17) is 4.74 Å². The Morgan fingerprint density at radius 1 is 1.26 bits per heavy atom. The number of nitrogens with zero attached hydrogens (tertiary/aromatic N) is 3. The highest BCUT2D eigenvalue weighted by atomic mass is 16.5. The van der Waals surface area contributed by atoms with Crippen LogP contribution in [0.1, 0.15) is 27.7 Å². The second-order valence-electron chi connectivity index (χ2n) is 6.18. The third-order valence-electron chi connectivity index (χ3n) is 4.39. The molecule has 3 N–H and O–H groups in total. The fourth-order valence-corrected chi connectivity index (χ4v) is 3.02. The topological polar surface area (TPSA) is 93.1 Å². The number of hydrazine groups is 1. The summed E-state index contributed by atoms with van der Waals surface area (Å²) in [5.74, 6) is -0.148. The molecule has 27 heavy (non-hydrogen) atoms. The molecule has 0 saturated heterocycles. The number of anilines is 1. The lowest BCUT2D eigenvalue weighted by Gasteiger charge is -2.07. The Labute approximate surface area is 156 Å². The highest BCUT2D eigenvalue weighted by Gasteiger charge is 2.25. The van der Waals surface area contributed by atoms with Crippen LogP contribution in [0.25, 0.3) is 5.69 Å². The quantitative estimate of drug-likeness (QED) is 0.576. The molecule has 0 spiro atoms. The van der Waals surface area contributed by atoms with E-state index in [-0.39, 0.29) is 11.9 Å². The van der Waals surface area contributed by atoms with Gasteiger partial charge in [0.25, 0.3) is 5.91 Å². The first-order chi connectivity index (χ1) is 13.3. The number of para-hydroxylation sites is 1. The second kappa shape index (κ2) is 7.56. The summed E-state index contributed by atoms with van der Waals surface area (Å²) in [6.45, 7) is 0.939. The number of aromatic nitrogens is 3. The zero-order chi connectivity index (χ0) is 18.6. The third kappa shape index (κ3) is 3.53. The van der Waals surface area contributed by atoms with Gasteiger partial charge < -0.3 is 15.5 Å². The third-order valence-corrected chi connectivity index (χ3v) is 4.39. The number of hydrogen-bond donors (Lipinski definition) is 3.